The molecule has 0 aromatic rings. The summed E-state index contributed by atoms with van der Waals surface area (Å²) in [6.07, 6.45) is 4.38. The molecule has 0 bridgehead atoms. The summed E-state index contributed by atoms with van der Waals surface area (Å²) in [7, 11) is 0. The summed E-state index contributed by atoms with van der Waals surface area (Å²) < 4.78 is 5.69. The zero-order valence-corrected chi connectivity index (χ0v) is 8.10. The molecule has 1 N–H and O–H groups in total. The molecular weight excluding hydrogens is 150 g/mol. The van der Waals surface area contributed by atoms with Gasteiger partial charge in [-0.25, -0.2) is 0 Å². The van der Waals surface area contributed by atoms with Crippen molar-refractivity contribution in [1.29, 1.82) is 0 Å². The quantitative estimate of drug-likeness (QED) is 0.643. The van der Waals surface area contributed by atoms with E-state index in [0.717, 1.165) is 19.1 Å². The lowest BCUT2D eigenvalue weighted by atomic mass is 9.92. The Morgan fingerprint density at radius 3 is 2.75 bits per heavy atom. The molecule has 2 nitrogen and oxygen atoms in total. The second-order valence-electron chi connectivity index (χ2n) is 4.78. The minimum absolute atomic E-state index is 0.344. The van der Waals surface area contributed by atoms with E-state index in [1.54, 1.807) is 0 Å². The molecule has 0 aliphatic carbocycles. The van der Waals surface area contributed by atoms with Crippen LogP contribution in [0.25, 0.3) is 0 Å². The number of hydrogen-bond donors (Lipinski definition) is 1. The zero-order chi connectivity index (χ0) is 8.60. The van der Waals surface area contributed by atoms with Crippen molar-refractivity contribution in [2.45, 2.75) is 44.8 Å². The molecule has 2 aliphatic heterocycles. The Morgan fingerprint density at radius 2 is 2.25 bits per heavy atom. The van der Waals surface area contributed by atoms with Crippen molar-refractivity contribution in [3.63, 3.8) is 0 Å². The highest BCUT2D eigenvalue weighted by atomic mass is 16.5. The first kappa shape index (κ1) is 8.52. The Bertz CT molecular complexity index is 161. The van der Waals surface area contributed by atoms with Crippen LogP contribution in [0.15, 0.2) is 0 Å². The lowest BCUT2D eigenvalue weighted by molar-refractivity contribution is 0.0678. The van der Waals surface area contributed by atoms with Crippen molar-refractivity contribution in [1.82, 2.24) is 5.32 Å². The fourth-order valence-corrected chi connectivity index (χ4v) is 2.44. The van der Waals surface area contributed by atoms with Crippen LogP contribution in [0.5, 0.6) is 0 Å². The van der Waals surface area contributed by atoms with Gasteiger partial charge in [0.2, 0.25) is 0 Å². The van der Waals surface area contributed by atoms with Crippen LogP contribution in [0, 0.1) is 5.92 Å². The average molecular weight is 169 g/mol. The fourth-order valence-electron chi connectivity index (χ4n) is 2.44. The topological polar surface area (TPSA) is 21.3 Å². The van der Waals surface area contributed by atoms with Gasteiger partial charge in [0, 0.05) is 18.7 Å². The number of rotatable bonds is 1. The molecule has 12 heavy (non-hydrogen) atoms. The first-order chi connectivity index (χ1) is 5.67. The van der Waals surface area contributed by atoms with Gasteiger partial charge in [-0.15, -0.1) is 0 Å². The fraction of sp³-hybridized carbons (Fsp3) is 1.00. The maximum Gasteiger partial charge on any atom is 0.0616 e. The van der Waals surface area contributed by atoms with E-state index >= 15 is 0 Å². The number of hydrogen-bond acceptors (Lipinski definition) is 2. The predicted octanol–water partition coefficient (Wildman–Crippen LogP) is 1.55. The first-order valence-corrected chi connectivity index (χ1v) is 5.04. The third-order valence-electron chi connectivity index (χ3n) is 3.11. The van der Waals surface area contributed by atoms with Crippen LogP contribution in [-0.2, 0) is 4.74 Å². The van der Waals surface area contributed by atoms with E-state index in [2.05, 4.69) is 19.2 Å². The van der Waals surface area contributed by atoms with Crippen LogP contribution in [-0.4, -0.2) is 24.8 Å². The Morgan fingerprint density at radius 1 is 1.42 bits per heavy atom. The zero-order valence-electron chi connectivity index (χ0n) is 8.10. The molecule has 2 unspecified atom stereocenters. The smallest absolute Gasteiger partial charge is 0.0616 e. The van der Waals surface area contributed by atoms with Gasteiger partial charge in [-0.3, -0.25) is 0 Å². The molecule has 0 saturated carbocycles. The van der Waals surface area contributed by atoms with Gasteiger partial charge in [-0.2, -0.15) is 0 Å². The Labute approximate surface area is 74.7 Å². The standard InChI is InChI=1S/C10H19NO/c1-10(2)6-8(7-11-10)9-4-3-5-12-9/h8-9,11H,3-7H2,1-2H3. The maximum absolute atomic E-state index is 5.69. The van der Waals surface area contributed by atoms with Crippen molar-refractivity contribution in [2.75, 3.05) is 13.2 Å². The van der Waals surface area contributed by atoms with Crippen LogP contribution >= 0.6 is 0 Å². The monoisotopic (exact) mass is 169 g/mol. The van der Waals surface area contributed by atoms with Crippen LogP contribution in [0.3, 0.4) is 0 Å². The van der Waals surface area contributed by atoms with Gasteiger partial charge in [-0.1, -0.05) is 0 Å². The van der Waals surface area contributed by atoms with Crippen LogP contribution in [0.2, 0.25) is 0 Å². The number of ether oxygens (including phenoxy) is 1. The predicted molar refractivity (Wildman–Crippen MR) is 49.2 cm³/mol. The van der Waals surface area contributed by atoms with Gasteiger partial charge < -0.3 is 10.1 Å². The van der Waals surface area contributed by atoms with E-state index in [1.807, 2.05) is 0 Å². The molecule has 0 amide bonds. The lowest BCUT2D eigenvalue weighted by Gasteiger charge is -2.19. The van der Waals surface area contributed by atoms with Gasteiger partial charge in [0.15, 0.2) is 0 Å². The molecule has 2 fully saturated rings. The van der Waals surface area contributed by atoms with E-state index in [4.69, 9.17) is 4.74 Å². The minimum Gasteiger partial charge on any atom is -0.378 e. The van der Waals surface area contributed by atoms with Crippen molar-refractivity contribution >= 4 is 0 Å². The molecule has 70 valence electrons. The third-order valence-corrected chi connectivity index (χ3v) is 3.11. The van der Waals surface area contributed by atoms with Crippen molar-refractivity contribution < 1.29 is 4.74 Å². The molecule has 0 aromatic heterocycles. The van der Waals surface area contributed by atoms with E-state index < -0.39 is 0 Å². The van der Waals surface area contributed by atoms with Gasteiger partial charge >= 0.3 is 0 Å². The summed E-state index contributed by atoms with van der Waals surface area (Å²) >= 11 is 0. The molecule has 2 saturated heterocycles. The maximum atomic E-state index is 5.69. The van der Waals surface area contributed by atoms with Gasteiger partial charge in [0.05, 0.1) is 6.10 Å². The lowest BCUT2D eigenvalue weighted by Crippen LogP contribution is -2.31. The third kappa shape index (κ3) is 1.64. The highest BCUT2D eigenvalue weighted by Gasteiger charge is 2.36. The van der Waals surface area contributed by atoms with E-state index in [9.17, 15) is 0 Å². The summed E-state index contributed by atoms with van der Waals surface area (Å²) in [5.74, 6) is 0.766. The summed E-state index contributed by atoms with van der Waals surface area (Å²) in [4.78, 5) is 0. The highest BCUT2D eigenvalue weighted by Crippen LogP contribution is 2.31. The number of nitrogens with one attached hydrogen (secondary N) is 1. The van der Waals surface area contributed by atoms with Crippen LogP contribution < -0.4 is 5.32 Å². The van der Waals surface area contributed by atoms with Crippen molar-refractivity contribution in [3.05, 3.63) is 0 Å². The minimum atomic E-state index is 0.344. The van der Waals surface area contributed by atoms with E-state index in [0.29, 0.717) is 11.6 Å². The van der Waals surface area contributed by atoms with Gasteiger partial charge in [0.1, 0.15) is 0 Å². The van der Waals surface area contributed by atoms with Gasteiger partial charge in [0.25, 0.3) is 0 Å². The van der Waals surface area contributed by atoms with Crippen LogP contribution in [0.1, 0.15) is 33.1 Å². The second kappa shape index (κ2) is 3.00. The van der Waals surface area contributed by atoms with Crippen LogP contribution in [0.4, 0.5) is 0 Å². The van der Waals surface area contributed by atoms with Crippen molar-refractivity contribution in [2.24, 2.45) is 5.92 Å². The molecular formula is C10H19NO. The summed E-state index contributed by atoms with van der Waals surface area (Å²) in [5.41, 5.74) is 0.344. The SMILES string of the molecule is CC1(C)CC(C2CCCO2)CN1. The molecule has 2 heteroatoms. The average Bonchev–Trinajstić information content (AvgIpc) is 2.55. The summed E-state index contributed by atoms with van der Waals surface area (Å²) in [6.45, 7) is 6.70. The molecule has 0 spiro atoms. The van der Waals surface area contributed by atoms with E-state index in [-0.39, 0.29) is 0 Å². The summed E-state index contributed by atoms with van der Waals surface area (Å²) in [6, 6.07) is 0. The first-order valence-electron chi connectivity index (χ1n) is 5.04. The molecule has 0 aromatic carbocycles. The van der Waals surface area contributed by atoms with E-state index in [1.165, 1.54) is 19.3 Å². The molecule has 2 aliphatic rings. The molecule has 2 atom stereocenters. The molecule has 2 heterocycles. The Balaban J connectivity index is 1.90. The van der Waals surface area contributed by atoms with Gasteiger partial charge in [-0.05, 0) is 39.0 Å². The largest absolute Gasteiger partial charge is 0.378 e. The Kier molecular flexibility index (Phi) is 2.13. The normalized spacial score (nSPS) is 40.5. The Hall–Kier alpha value is -0.0800. The highest BCUT2D eigenvalue weighted by molar-refractivity contribution is 4.93. The summed E-state index contributed by atoms with van der Waals surface area (Å²) in [5, 5.41) is 3.54. The van der Waals surface area contributed by atoms with Crippen molar-refractivity contribution in [3.8, 4) is 0 Å². The molecule has 0 radical (unpaired) electrons. The second-order valence-corrected chi connectivity index (χ2v) is 4.78. The molecule has 2 rings (SSSR count).